The molecule has 1 amide bonds. The topological polar surface area (TPSA) is 45.2 Å². The van der Waals surface area contributed by atoms with Gasteiger partial charge in [-0.05, 0) is 24.5 Å². The molecule has 0 aliphatic carbocycles. The van der Waals surface area contributed by atoms with E-state index in [4.69, 9.17) is 0 Å². The molecule has 2 aromatic rings. The molecule has 1 aromatic carbocycles. The minimum atomic E-state index is -0.146. The summed E-state index contributed by atoms with van der Waals surface area (Å²) in [5.74, 6) is 0.0133. The zero-order valence-corrected chi connectivity index (χ0v) is 12.2. The summed E-state index contributed by atoms with van der Waals surface area (Å²) >= 11 is 1.44. The summed E-state index contributed by atoms with van der Waals surface area (Å²) in [5.41, 5.74) is 2.73. The van der Waals surface area contributed by atoms with Crippen molar-refractivity contribution in [3.05, 3.63) is 47.0 Å². The standard InChI is InChI=1S/C15H17N3OS/c1-11(14(19)17-15-16-7-9-20-15)18-8-6-12-4-2-3-5-13(12)10-18/h2-5,7,9,11H,6,8,10H2,1H3,(H,16,17,19). The van der Waals surface area contributed by atoms with Crippen molar-refractivity contribution in [2.24, 2.45) is 0 Å². The number of fused-ring (bicyclic) bond motifs is 1. The lowest BCUT2D eigenvalue weighted by atomic mass is 9.99. The van der Waals surface area contributed by atoms with Crippen molar-refractivity contribution in [2.45, 2.75) is 25.9 Å². The van der Waals surface area contributed by atoms with Gasteiger partial charge < -0.3 is 5.32 Å². The number of carbonyl (C=O) groups is 1. The minimum absolute atomic E-state index is 0.0133. The van der Waals surface area contributed by atoms with Gasteiger partial charge in [0, 0.05) is 24.7 Å². The number of amides is 1. The van der Waals surface area contributed by atoms with Crippen molar-refractivity contribution >= 4 is 22.4 Å². The predicted molar refractivity (Wildman–Crippen MR) is 80.8 cm³/mol. The van der Waals surface area contributed by atoms with Gasteiger partial charge >= 0.3 is 0 Å². The molecule has 1 atom stereocenters. The van der Waals surface area contributed by atoms with E-state index in [0.717, 1.165) is 19.5 Å². The van der Waals surface area contributed by atoms with Gasteiger partial charge in [0.1, 0.15) is 0 Å². The molecule has 104 valence electrons. The molecule has 3 rings (SSSR count). The molecule has 1 aliphatic rings. The van der Waals surface area contributed by atoms with Crippen molar-refractivity contribution in [3.63, 3.8) is 0 Å². The summed E-state index contributed by atoms with van der Waals surface area (Å²) in [6.45, 7) is 3.71. The highest BCUT2D eigenvalue weighted by molar-refractivity contribution is 7.13. The molecular formula is C15H17N3OS. The van der Waals surface area contributed by atoms with Crippen LogP contribution in [0.5, 0.6) is 0 Å². The van der Waals surface area contributed by atoms with Crippen molar-refractivity contribution in [1.82, 2.24) is 9.88 Å². The van der Waals surface area contributed by atoms with E-state index in [0.29, 0.717) is 5.13 Å². The number of hydrogen-bond acceptors (Lipinski definition) is 4. The Morgan fingerprint density at radius 3 is 2.95 bits per heavy atom. The van der Waals surface area contributed by atoms with E-state index in [1.807, 2.05) is 12.3 Å². The lowest BCUT2D eigenvalue weighted by molar-refractivity contribution is -0.121. The van der Waals surface area contributed by atoms with Gasteiger partial charge in [0.2, 0.25) is 5.91 Å². The van der Waals surface area contributed by atoms with E-state index in [1.165, 1.54) is 22.5 Å². The van der Waals surface area contributed by atoms with E-state index >= 15 is 0 Å². The molecule has 5 heteroatoms. The summed E-state index contributed by atoms with van der Waals surface area (Å²) in [4.78, 5) is 18.5. The Bertz CT molecular complexity index is 597. The smallest absolute Gasteiger partial charge is 0.243 e. The highest BCUT2D eigenvalue weighted by Gasteiger charge is 2.25. The van der Waals surface area contributed by atoms with Crippen LogP contribution in [0.25, 0.3) is 0 Å². The summed E-state index contributed by atoms with van der Waals surface area (Å²) in [7, 11) is 0. The molecule has 0 saturated carbocycles. The summed E-state index contributed by atoms with van der Waals surface area (Å²) in [6, 6.07) is 8.31. The van der Waals surface area contributed by atoms with Crippen LogP contribution in [0.4, 0.5) is 5.13 Å². The highest BCUT2D eigenvalue weighted by atomic mass is 32.1. The number of benzene rings is 1. The Hall–Kier alpha value is -1.72. The second kappa shape index (κ2) is 5.73. The highest BCUT2D eigenvalue weighted by Crippen LogP contribution is 2.21. The van der Waals surface area contributed by atoms with E-state index in [-0.39, 0.29) is 11.9 Å². The number of rotatable bonds is 3. The molecule has 1 aliphatic heterocycles. The molecule has 0 bridgehead atoms. The van der Waals surface area contributed by atoms with Crippen LogP contribution >= 0.6 is 11.3 Å². The van der Waals surface area contributed by atoms with Crippen LogP contribution in [0.15, 0.2) is 35.8 Å². The maximum absolute atomic E-state index is 12.2. The Labute approximate surface area is 122 Å². The molecule has 20 heavy (non-hydrogen) atoms. The van der Waals surface area contributed by atoms with Crippen molar-refractivity contribution < 1.29 is 4.79 Å². The van der Waals surface area contributed by atoms with Crippen LogP contribution in [0, 0.1) is 0 Å². The van der Waals surface area contributed by atoms with Crippen molar-refractivity contribution in [3.8, 4) is 0 Å². The number of nitrogens with one attached hydrogen (secondary N) is 1. The third-order valence-electron chi connectivity index (χ3n) is 3.75. The van der Waals surface area contributed by atoms with E-state index in [9.17, 15) is 4.79 Å². The van der Waals surface area contributed by atoms with Gasteiger partial charge in [-0.1, -0.05) is 24.3 Å². The molecule has 0 fully saturated rings. The molecular weight excluding hydrogens is 270 g/mol. The molecule has 0 spiro atoms. The number of anilines is 1. The van der Waals surface area contributed by atoms with Gasteiger partial charge in [-0.15, -0.1) is 11.3 Å². The van der Waals surface area contributed by atoms with E-state index < -0.39 is 0 Å². The predicted octanol–water partition coefficient (Wildman–Crippen LogP) is 2.53. The fourth-order valence-corrected chi connectivity index (χ4v) is 3.04. The molecule has 1 aromatic heterocycles. The SMILES string of the molecule is CC(C(=O)Nc1nccs1)N1CCc2ccccc2C1. The molecule has 2 heterocycles. The largest absolute Gasteiger partial charge is 0.301 e. The van der Waals surface area contributed by atoms with Gasteiger partial charge in [-0.2, -0.15) is 0 Å². The zero-order valence-electron chi connectivity index (χ0n) is 11.4. The fraction of sp³-hybridized carbons (Fsp3) is 0.333. The number of thiazole rings is 1. The zero-order chi connectivity index (χ0) is 13.9. The Morgan fingerprint density at radius 1 is 1.40 bits per heavy atom. The third-order valence-corrected chi connectivity index (χ3v) is 4.44. The molecule has 0 saturated heterocycles. The van der Waals surface area contributed by atoms with E-state index in [1.54, 1.807) is 6.20 Å². The minimum Gasteiger partial charge on any atom is -0.301 e. The molecule has 4 nitrogen and oxygen atoms in total. The van der Waals surface area contributed by atoms with Crippen molar-refractivity contribution in [1.29, 1.82) is 0 Å². The van der Waals surface area contributed by atoms with Gasteiger partial charge in [0.15, 0.2) is 5.13 Å². The summed E-state index contributed by atoms with van der Waals surface area (Å²) < 4.78 is 0. The number of hydrogen-bond donors (Lipinski definition) is 1. The van der Waals surface area contributed by atoms with Gasteiger partial charge in [0.25, 0.3) is 0 Å². The molecule has 0 radical (unpaired) electrons. The molecule has 1 N–H and O–H groups in total. The quantitative estimate of drug-likeness (QED) is 0.943. The first-order valence-electron chi connectivity index (χ1n) is 6.75. The first-order valence-corrected chi connectivity index (χ1v) is 7.63. The number of nitrogens with zero attached hydrogens (tertiary/aromatic N) is 2. The van der Waals surface area contributed by atoms with Crippen LogP contribution in [0.1, 0.15) is 18.1 Å². The Balaban J connectivity index is 1.66. The van der Waals surface area contributed by atoms with Crippen LogP contribution < -0.4 is 5.32 Å². The van der Waals surface area contributed by atoms with Crippen LogP contribution in [-0.4, -0.2) is 28.4 Å². The van der Waals surface area contributed by atoms with Crippen molar-refractivity contribution in [2.75, 3.05) is 11.9 Å². The molecule has 1 unspecified atom stereocenters. The van der Waals surface area contributed by atoms with Crippen LogP contribution in [-0.2, 0) is 17.8 Å². The Morgan fingerprint density at radius 2 is 2.20 bits per heavy atom. The normalized spacial score (nSPS) is 16.4. The number of carbonyl (C=O) groups excluding carboxylic acids is 1. The van der Waals surface area contributed by atoms with Gasteiger partial charge in [-0.3, -0.25) is 9.69 Å². The maximum atomic E-state index is 12.2. The van der Waals surface area contributed by atoms with Gasteiger partial charge in [-0.25, -0.2) is 4.98 Å². The second-order valence-electron chi connectivity index (χ2n) is 4.99. The number of aromatic nitrogens is 1. The van der Waals surface area contributed by atoms with Crippen LogP contribution in [0.3, 0.4) is 0 Å². The maximum Gasteiger partial charge on any atom is 0.243 e. The lowest BCUT2D eigenvalue weighted by Gasteiger charge is -2.32. The van der Waals surface area contributed by atoms with E-state index in [2.05, 4.69) is 39.5 Å². The summed E-state index contributed by atoms with van der Waals surface area (Å²) in [6.07, 6.45) is 2.70. The third kappa shape index (κ3) is 2.73. The second-order valence-corrected chi connectivity index (χ2v) is 5.89. The average molecular weight is 287 g/mol. The lowest BCUT2D eigenvalue weighted by Crippen LogP contribution is -2.44. The summed E-state index contributed by atoms with van der Waals surface area (Å²) in [5, 5.41) is 5.39. The van der Waals surface area contributed by atoms with Gasteiger partial charge in [0.05, 0.1) is 6.04 Å². The average Bonchev–Trinajstić information content (AvgIpc) is 2.99. The van der Waals surface area contributed by atoms with Crippen LogP contribution in [0.2, 0.25) is 0 Å². The Kier molecular flexibility index (Phi) is 3.80. The first kappa shape index (κ1) is 13.3. The fourth-order valence-electron chi connectivity index (χ4n) is 2.51. The monoisotopic (exact) mass is 287 g/mol. The first-order chi connectivity index (χ1) is 9.74.